The number of amides is 1. The third kappa shape index (κ3) is 4.03. The summed E-state index contributed by atoms with van der Waals surface area (Å²) in [5.41, 5.74) is -0.0352. The summed E-state index contributed by atoms with van der Waals surface area (Å²) < 4.78 is 5.46. The molecule has 1 atom stereocenters. The highest BCUT2D eigenvalue weighted by Gasteiger charge is 2.29. The van der Waals surface area contributed by atoms with Gasteiger partial charge in [-0.25, -0.2) is 0 Å². The van der Waals surface area contributed by atoms with E-state index in [-0.39, 0.29) is 18.2 Å². The first kappa shape index (κ1) is 16.7. The lowest BCUT2D eigenvalue weighted by Gasteiger charge is -2.37. The van der Waals surface area contributed by atoms with E-state index >= 15 is 0 Å². The minimum atomic E-state index is -0.472. The number of ether oxygens (including phenoxy) is 1. The molecule has 2 fully saturated rings. The smallest absolute Gasteiger partial charge is 0.273 e. The van der Waals surface area contributed by atoms with Gasteiger partial charge in [-0.3, -0.25) is 19.8 Å². The lowest BCUT2D eigenvalue weighted by molar-refractivity contribution is -0.384. The zero-order valence-electron chi connectivity index (χ0n) is 13.7. The van der Waals surface area contributed by atoms with Crippen LogP contribution in [0.3, 0.4) is 0 Å². The summed E-state index contributed by atoms with van der Waals surface area (Å²) in [5.74, 6) is 0.302. The molecule has 0 saturated carbocycles. The molecule has 0 aliphatic carbocycles. The van der Waals surface area contributed by atoms with Crippen LogP contribution in [-0.4, -0.2) is 59.5 Å². The SMILES string of the molecule is O=C(COc1cccc([N+](=O)[O-])c1)N1CCC[C@H](N2CCCC2)C1. The van der Waals surface area contributed by atoms with Crippen molar-refractivity contribution >= 4 is 11.6 Å². The average Bonchev–Trinajstić information content (AvgIpc) is 3.15. The molecule has 1 amide bonds. The largest absolute Gasteiger partial charge is 0.484 e. The maximum absolute atomic E-state index is 12.4. The van der Waals surface area contributed by atoms with Gasteiger partial charge in [-0.05, 0) is 44.8 Å². The highest BCUT2D eigenvalue weighted by molar-refractivity contribution is 5.78. The molecule has 2 aliphatic heterocycles. The molecule has 0 spiro atoms. The number of hydrogen-bond acceptors (Lipinski definition) is 5. The summed E-state index contributed by atoms with van der Waals surface area (Å²) in [6.07, 6.45) is 4.67. The zero-order chi connectivity index (χ0) is 16.9. The molecular weight excluding hydrogens is 310 g/mol. The molecule has 7 heteroatoms. The van der Waals surface area contributed by atoms with Crippen LogP contribution in [0, 0.1) is 10.1 Å². The number of piperidine rings is 1. The predicted octanol–water partition coefficient (Wildman–Crippen LogP) is 2.06. The maximum Gasteiger partial charge on any atom is 0.273 e. The summed E-state index contributed by atoms with van der Waals surface area (Å²) >= 11 is 0. The van der Waals surface area contributed by atoms with Crippen LogP contribution in [0.4, 0.5) is 5.69 Å². The Balaban J connectivity index is 1.52. The molecular formula is C17H23N3O4. The number of nitro benzene ring substituents is 1. The van der Waals surface area contributed by atoms with Crippen LogP contribution in [-0.2, 0) is 4.79 Å². The van der Waals surface area contributed by atoms with Crippen molar-refractivity contribution in [3.63, 3.8) is 0 Å². The van der Waals surface area contributed by atoms with Crippen LogP contribution >= 0.6 is 0 Å². The van der Waals surface area contributed by atoms with Gasteiger partial charge in [-0.15, -0.1) is 0 Å². The van der Waals surface area contributed by atoms with Crippen molar-refractivity contribution in [2.24, 2.45) is 0 Å². The number of nitro groups is 1. The fraction of sp³-hybridized carbons (Fsp3) is 0.588. The monoisotopic (exact) mass is 333 g/mol. The van der Waals surface area contributed by atoms with Crippen LogP contribution in [0.15, 0.2) is 24.3 Å². The van der Waals surface area contributed by atoms with Crippen molar-refractivity contribution < 1.29 is 14.5 Å². The molecule has 0 aromatic heterocycles. The van der Waals surface area contributed by atoms with E-state index in [0.717, 1.165) is 39.0 Å². The second-order valence-corrected chi connectivity index (χ2v) is 6.42. The zero-order valence-corrected chi connectivity index (χ0v) is 13.7. The third-order valence-corrected chi connectivity index (χ3v) is 4.80. The maximum atomic E-state index is 12.4. The lowest BCUT2D eigenvalue weighted by atomic mass is 10.0. The van der Waals surface area contributed by atoms with E-state index in [1.165, 1.54) is 25.0 Å². The summed E-state index contributed by atoms with van der Waals surface area (Å²) in [6.45, 7) is 3.72. The first-order valence-corrected chi connectivity index (χ1v) is 8.52. The number of benzene rings is 1. The molecule has 7 nitrogen and oxygen atoms in total. The molecule has 24 heavy (non-hydrogen) atoms. The first-order valence-electron chi connectivity index (χ1n) is 8.52. The van der Waals surface area contributed by atoms with E-state index in [2.05, 4.69) is 4.90 Å². The molecule has 1 aromatic rings. The Bertz CT molecular complexity index is 601. The van der Waals surface area contributed by atoms with Crippen molar-refractivity contribution in [1.29, 1.82) is 0 Å². The third-order valence-electron chi connectivity index (χ3n) is 4.80. The van der Waals surface area contributed by atoms with Crippen LogP contribution < -0.4 is 4.74 Å². The number of carbonyl (C=O) groups is 1. The van der Waals surface area contributed by atoms with E-state index in [4.69, 9.17) is 4.74 Å². The first-order chi connectivity index (χ1) is 11.6. The van der Waals surface area contributed by atoms with Gasteiger partial charge in [0.15, 0.2) is 6.61 Å². The Morgan fingerprint density at radius 3 is 2.79 bits per heavy atom. The van der Waals surface area contributed by atoms with Gasteiger partial charge in [0.2, 0.25) is 0 Å². The second-order valence-electron chi connectivity index (χ2n) is 6.42. The van der Waals surface area contributed by atoms with E-state index in [1.807, 2.05) is 4.90 Å². The molecule has 3 rings (SSSR count). The number of rotatable bonds is 5. The van der Waals surface area contributed by atoms with Gasteiger partial charge < -0.3 is 9.64 Å². The van der Waals surface area contributed by atoms with Gasteiger partial charge in [0.1, 0.15) is 5.75 Å². The molecule has 0 radical (unpaired) electrons. The molecule has 2 saturated heterocycles. The van der Waals surface area contributed by atoms with Crippen molar-refractivity contribution in [2.45, 2.75) is 31.7 Å². The van der Waals surface area contributed by atoms with Crippen molar-refractivity contribution in [1.82, 2.24) is 9.80 Å². The van der Waals surface area contributed by atoms with E-state index in [1.54, 1.807) is 12.1 Å². The molecule has 1 aromatic carbocycles. The van der Waals surface area contributed by atoms with Gasteiger partial charge in [-0.1, -0.05) is 6.07 Å². The summed E-state index contributed by atoms with van der Waals surface area (Å²) in [5, 5.41) is 10.8. The van der Waals surface area contributed by atoms with Gasteiger partial charge in [0, 0.05) is 25.2 Å². The van der Waals surface area contributed by atoms with Crippen LogP contribution in [0.2, 0.25) is 0 Å². The molecule has 2 heterocycles. The van der Waals surface area contributed by atoms with Crippen LogP contribution in [0.5, 0.6) is 5.75 Å². The Labute approximate surface area is 141 Å². The average molecular weight is 333 g/mol. The molecule has 0 unspecified atom stereocenters. The Kier molecular flexibility index (Phi) is 5.30. The fourth-order valence-corrected chi connectivity index (χ4v) is 3.51. The summed E-state index contributed by atoms with van der Waals surface area (Å²) in [6, 6.07) is 6.39. The Morgan fingerprint density at radius 2 is 2.04 bits per heavy atom. The van der Waals surface area contributed by atoms with Gasteiger partial charge in [0.05, 0.1) is 11.0 Å². The number of likely N-dealkylation sites (tertiary alicyclic amines) is 2. The second kappa shape index (κ2) is 7.61. The topological polar surface area (TPSA) is 75.9 Å². The van der Waals surface area contributed by atoms with Crippen LogP contribution in [0.1, 0.15) is 25.7 Å². The van der Waals surface area contributed by atoms with E-state index in [0.29, 0.717) is 11.8 Å². The lowest BCUT2D eigenvalue weighted by Crippen LogP contribution is -2.50. The molecule has 130 valence electrons. The normalized spacial score (nSPS) is 21.7. The fourth-order valence-electron chi connectivity index (χ4n) is 3.51. The number of non-ortho nitro benzene ring substituents is 1. The van der Waals surface area contributed by atoms with E-state index in [9.17, 15) is 14.9 Å². The van der Waals surface area contributed by atoms with Crippen molar-refractivity contribution in [3.8, 4) is 5.75 Å². The molecule has 2 aliphatic rings. The minimum Gasteiger partial charge on any atom is -0.484 e. The van der Waals surface area contributed by atoms with Gasteiger partial charge in [0.25, 0.3) is 11.6 Å². The van der Waals surface area contributed by atoms with Crippen molar-refractivity contribution in [2.75, 3.05) is 32.8 Å². The number of carbonyl (C=O) groups excluding carboxylic acids is 1. The summed E-state index contributed by atoms with van der Waals surface area (Å²) in [4.78, 5) is 27.0. The number of nitrogens with zero attached hydrogens (tertiary/aromatic N) is 3. The quantitative estimate of drug-likeness (QED) is 0.609. The standard InChI is InChI=1S/C17H23N3O4/c21-17(13-24-16-7-3-5-14(11-16)20(22)23)19-10-4-6-15(12-19)18-8-1-2-9-18/h3,5,7,11,15H,1-2,4,6,8-10,12-13H2/t15-/m0/s1. The minimum absolute atomic E-state index is 0.0352. The molecule has 0 bridgehead atoms. The predicted molar refractivity (Wildman–Crippen MR) is 89.0 cm³/mol. The highest BCUT2D eigenvalue weighted by Crippen LogP contribution is 2.22. The number of hydrogen-bond donors (Lipinski definition) is 0. The summed E-state index contributed by atoms with van der Waals surface area (Å²) in [7, 11) is 0. The Morgan fingerprint density at radius 1 is 1.25 bits per heavy atom. The van der Waals surface area contributed by atoms with Crippen molar-refractivity contribution in [3.05, 3.63) is 34.4 Å². The van der Waals surface area contributed by atoms with Gasteiger partial charge in [-0.2, -0.15) is 0 Å². The highest BCUT2D eigenvalue weighted by atomic mass is 16.6. The van der Waals surface area contributed by atoms with Crippen LogP contribution in [0.25, 0.3) is 0 Å². The van der Waals surface area contributed by atoms with Gasteiger partial charge >= 0.3 is 0 Å². The van der Waals surface area contributed by atoms with E-state index < -0.39 is 4.92 Å². The molecule has 0 N–H and O–H groups in total. The Hall–Kier alpha value is -2.15.